The number of hydrogen-bond acceptors (Lipinski definition) is 5. The minimum atomic E-state index is 0.000283. The molecule has 0 aromatic carbocycles. The summed E-state index contributed by atoms with van der Waals surface area (Å²) in [5.74, 6) is 1.91. The molecule has 2 heterocycles. The third-order valence-corrected chi connectivity index (χ3v) is 3.32. The van der Waals surface area contributed by atoms with Crippen molar-refractivity contribution in [1.82, 2.24) is 9.97 Å². The highest BCUT2D eigenvalue weighted by molar-refractivity contribution is 5.99. The normalized spacial score (nSPS) is 25.3. The van der Waals surface area contributed by atoms with Crippen molar-refractivity contribution in [2.75, 3.05) is 18.0 Å². The maximum absolute atomic E-state index is 8.74. The van der Waals surface area contributed by atoms with Crippen molar-refractivity contribution in [3.05, 3.63) is 18.1 Å². The number of oxime groups is 1. The highest BCUT2D eigenvalue weighted by Crippen LogP contribution is 2.27. The molecule has 0 radical (unpaired) electrons. The molecule has 6 heteroatoms. The average Bonchev–Trinajstić information content (AvgIpc) is 2.68. The molecule has 1 aromatic rings. The van der Waals surface area contributed by atoms with E-state index in [1.165, 1.54) is 0 Å². The molecule has 0 spiro atoms. The van der Waals surface area contributed by atoms with E-state index in [4.69, 9.17) is 10.9 Å². The Morgan fingerprint density at radius 2 is 1.94 bits per heavy atom. The maximum Gasteiger partial charge on any atom is 0.192 e. The van der Waals surface area contributed by atoms with Gasteiger partial charge in [-0.1, -0.05) is 19.0 Å². The summed E-state index contributed by atoms with van der Waals surface area (Å²) in [6.45, 7) is 6.27. The van der Waals surface area contributed by atoms with Gasteiger partial charge in [0.15, 0.2) is 17.3 Å². The number of hydrogen-bond donors (Lipinski definition) is 2. The lowest BCUT2D eigenvalue weighted by Gasteiger charge is -2.18. The van der Waals surface area contributed by atoms with Crippen LogP contribution >= 0.6 is 0 Å². The van der Waals surface area contributed by atoms with Gasteiger partial charge >= 0.3 is 0 Å². The van der Waals surface area contributed by atoms with Crippen LogP contribution in [0.1, 0.15) is 19.5 Å². The molecule has 0 bridgehead atoms. The van der Waals surface area contributed by atoms with E-state index in [2.05, 4.69) is 33.9 Å². The Morgan fingerprint density at radius 1 is 1.35 bits per heavy atom. The summed E-state index contributed by atoms with van der Waals surface area (Å²) in [6.07, 6.45) is 3.16. The van der Waals surface area contributed by atoms with Gasteiger partial charge in [0, 0.05) is 25.5 Å². The molecule has 1 aliphatic heterocycles. The monoisotopic (exact) mass is 235 g/mol. The lowest BCUT2D eigenvalue weighted by Crippen LogP contribution is -2.26. The summed E-state index contributed by atoms with van der Waals surface area (Å²) in [5.41, 5.74) is 6.04. The molecular formula is C11H17N5O. The Balaban J connectivity index is 2.33. The molecule has 1 saturated heterocycles. The van der Waals surface area contributed by atoms with E-state index in [1.54, 1.807) is 12.4 Å². The topological polar surface area (TPSA) is 87.6 Å². The second-order valence-electron chi connectivity index (χ2n) is 4.57. The number of rotatable bonds is 2. The highest BCUT2D eigenvalue weighted by atomic mass is 16.4. The minimum Gasteiger partial charge on any atom is -0.409 e. The van der Waals surface area contributed by atoms with Crippen LogP contribution in [0.25, 0.3) is 0 Å². The van der Waals surface area contributed by atoms with Gasteiger partial charge in [0.2, 0.25) is 0 Å². The van der Waals surface area contributed by atoms with Gasteiger partial charge in [-0.15, -0.1) is 0 Å². The first-order chi connectivity index (χ1) is 8.13. The molecule has 17 heavy (non-hydrogen) atoms. The van der Waals surface area contributed by atoms with E-state index < -0.39 is 0 Å². The number of nitrogens with two attached hydrogens (primary N) is 1. The van der Waals surface area contributed by atoms with Crippen LogP contribution in [0.15, 0.2) is 17.5 Å². The van der Waals surface area contributed by atoms with Crippen molar-refractivity contribution in [2.45, 2.75) is 13.8 Å². The van der Waals surface area contributed by atoms with Crippen molar-refractivity contribution in [3.8, 4) is 0 Å². The van der Waals surface area contributed by atoms with Gasteiger partial charge in [0.1, 0.15) is 0 Å². The molecule has 0 aliphatic carbocycles. The van der Waals surface area contributed by atoms with Gasteiger partial charge in [-0.05, 0) is 11.8 Å². The summed E-state index contributed by atoms with van der Waals surface area (Å²) in [4.78, 5) is 10.5. The van der Waals surface area contributed by atoms with Gasteiger partial charge in [-0.3, -0.25) is 0 Å². The molecule has 3 N–H and O–H groups in total. The molecular weight excluding hydrogens is 218 g/mol. The van der Waals surface area contributed by atoms with Gasteiger partial charge < -0.3 is 15.8 Å². The van der Waals surface area contributed by atoms with E-state index in [9.17, 15) is 0 Å². The van der Waals surface area contributed by atoms with Crippen LogP contribution in [0.5, 0.6) is 0 Å². The van der Waals surface area contributed by atoms with Gasteiger partial charge in [-0.2, -0.15) is 0 Å². The lowest BCUT2D eigenvalue weighted by atomic mass is 10.0. The molecule has 2 unspecified atom stereocenters. The van der Waals surface area contributed by atoms with E-state index >= 15 is 0 Å². The fraction of sp³-hybridized carbons (Fsp3) is 0.545. The first kappa shape index (κ1) is 11.6. The Kier molecular flexibility index (Phi) is 3.12. The van der Waals surface area contributed by atoms with Crippen molar-refractivity contribution < 1.29 is 5.21 Å². The van der Waals surface area contributed by atoms with Crippen LogP contribution in [-0.4, -0.2) is 34.1 Å². The van der Waals surface area contributed by atoms with Crippen LogP contribution in [0.2, 0.25) is 0 Å². The van der Waals surface area contributed by atoms with Crippen molar-refractivity contribution in [2.24, 2.45) is 22.7 Å². The molecule has 92 valence electrons. The Hall–Kier alpha value is -1.85. The SMILES string of the molecule is CC1CN(c2nccnc2C(N)=NO)CC1C. The minimum absolute atomic E-state index is 0.000283. The van der Waals surface area contributed by atoms with Gasteiger partial charge in [0.25, 0.3) is 0 Å². The quantitative estimate of drug-likeness (QED) is 0.340. The van der Waals surface area contributed by atoms with E-state index in [0.717, 1.165) is 13.1 Å². The third-order valence-electron chi connectivity index (χ3n) is 3.32. The highest BCUT2D eigenvalue weighted by Gasteiger charge is 2.29. The van der Waals surface area contributed by atoms with Crippen LogP contribution in [0.3, 0.4) is 0 Å². The fourth-order valence-corrected chi connectivity index (χ4v) is 2.09. The van der Waals surface area contributed by atoms with Crippen molar-refractivity contribution >= 4 is 11.7 Å². The smallest absolute Gasteiger partial charge is 0.192 e. The first-order valence-electron chi connectivity index (χ1n) is 5.67. The summed E-state index contributed by atoms with van der Waals surface area (Å²) < 4.78 is 0. The van der Waals surface area contributed by atoms with Gasteiger partial charge in [-0.25, -0.2) is 9.97 Å². The second kappa shape index (κ2) is 4.57. The number of aromatic nitrogens is 2. The largest absolute Gasteiger partial charge is 0.409 e. The Morgan fingerprint density at radius 3 is 2.53 bits per heavy atom. The van der Waals surface area contributed by atoms with E-state index in [-0.39, 0.29) is 5.84 Å². The van der Waals surface area contributed by atoms with Gasteiger partial charge in [0.05, 0.1) is 0 Å². The zero-order valence-electron chi connectivity index (χ0n) is 10.0. The van der Waals surface area contributed by atoms with Crippen LogP contribution in [0.4, 0.5) is 5.82 Å². The summed E-state index contributed by atoms with van der Waals surface area (Å²) >= 11 is 0. The number of nitrogens with zero attached hydrogens (tertiary/aromatic N) is 4. The summed E-state index contributed by atoms with van der Waals surface area (Å²) in [7, 11) is 0. The summed E-state index contributed by atoms with van der Waals surface area (Å²) in [5, 5.41) is 11.7. The number of anilines is 1. The predicted molar refractivity (Wildman–Crippen MR) is 65.1 cm³/mol. The molecule has 1 aromatic heterocycles. The summed E-state index contributed by atoms with van der Waals surface area (Å²) in [6, 6.07) is 0. The van der Waals surface area contributed by atoms with Crippen LogP contribution < -0.4 is 10.6 Å². The fourth-order valence-electron chi connectivity index (χ4n) is 2.09. The Labute approximate surface area is 100 Å². The molecule has 2 rings (SSSR count). The molecule has 0 amide bonds. The Bertz CT molecular complexity index is 424. The zero-order valence-corrected chi connectivity index (χ0v) is 10.0. The molecule has 1 aliphatic rings. The maximum atomic E-state index is 8.74. The molecule has 0 saturated carbocycles. The second-order valence-corrected chi connectivity index (χ2v) is 4.57. The number of amidine groups is 1. The predicted octanol–water partition coefficient (Wildman–Crippen LogP) is 0.663. The lowest BCUT2D eigenvalue weighted by molar-refractivity contribution is 0.318. The standard InChI is InChI=1S/C11H17N5O/c1-7-5-16(6-8(7)2)11-9(10(12)15-17)13-3-4-14-11/h3-4,7-8,17H,5-6H2,1-2H3,(H2,12,15). The molecule has 6 nitrogen and oxygen atoms in total. The average molecular weight is 235 g/mol. The van der Waals surface area contributed by atoms with Crippen LogP contribution in [-0.2, 0) is 0 Å². The van der Waals surface area contributed by atoms with Crippen LogP contribution in [0, 0.1) is 11.8 Å². The molecule has 2 atom stereocenters. The first-order valence-corrected chi connectivity index (χ1v) is 5.67. The van der Waals surface area contributed by atoms with E-state index in [1.807, 2.05) is 0 Å². The van der Waals surface area contributed by atoms with Crippen molar-refractivity contribution in [1.29, 1.82) is 0 Å². The zero-order chi connectivity index (χ0) is 12.4. The third kappa shape index (κ3) is 2.15. The molecule has 1 fully saturated rings. The van der Waals surface area contributed by atoms with E-state index in [0.29, 0.717) is 23.3 Å². The van der Waals surface area contributed by atoms with Crippen molar-refractivity contribution in [3.63, 3.8) is 0 Å².